The lowest BCUT2D eigenvalue weighted by molar-refractivity contribution is 0.261. The van der Waals surface area contributed by atoms with Gasteiger partial charge in [-0.2, -0.15) is 0 Å². The second-order valence-corrected chi connectivity index (χ2v) is 6.70. The molecule has 29 heavy (non-hydrogen) atoms. The number of hydrogen-bond acceptors (Lipinski definition) is 4. The van der Waals surface area contributed by atoms with Gasteiger partial charge in [0.25, 0.3) is 0 Å². The number of nitrogens with zero attached hydrogens (tertiary/aromatic N) is 2. The van der Waals surface area contributed by atoms with E-state index in [2.05, 4.69) is 34.6 Å². The van der Waals surface area contributed by atoms with Gasteiger partial charge in [-0.15, -0.1) is 24.0 Å². The molecule has 0 heterocycles. The molecule has 0 spiro atoms. The van der Waals surface area contributed by atoms with Crippen molar-refractivity contribution in [3.05, 3.63) is 59.7 Å². The zero-order valence-electron chi connectivity index (χ0n) is 17.8. The third-order valence-corrected chi connectivity index (χ3v) is 4.06. The van der Waals surface area contributed by atoms with Gasteiger partial charge in [0.1, 0.15) is 18.1 Å². The topological polar surface area (TPSA) is 58.1 Å². The van der Waals surface area contributed by atoms with Crippen molar-refractivity contribution in [3.8, 4) is 11.5 Å². The number of methoxy groups -OCH3 is 1. The van der Waals surface area contributed by atoms with Crippen LogP contribution in [0.2, 0.25) is 0 Å². The fraction of sp³-hybridized carbons (Fsp3) is 0.409. The molecule has 2 aromatic rings. The standard InChI is InChI=1S/C22H32N4O2.HI/c1-5-23-22(24-16-18-8-6-10-20(14-18)27-4)25-17-19-9-7-11-21(15-19)28-13-12-26(2)3;/h6-11,14-15H,5,12-13,16-17H2,1-4H3,(H2,23,24,25);1H. The van der Waals surface area contributed by atoms with Crippen molar-refractivity contribution in [2.24, 2.45) is 4.99 Å². The van der Waals surface area contributed by atoms with Gasteiger partial charge in [0.05, 0.1) is 13.7 Å². The van der Waals surface area contributed by atoms with Crippen LogP contribution in [0.5, 0.6) is 11.5 Å². The highest BCUT2D eigenvalue weighted by atomic mass is 127. The van der Waals surface area contributed by atoms with Crippen molar-refractivity contribution in [3.63, 3.8) is 0 Å². The average molecular weight is 512 g/mol. The molecule has 2 rings (SSSR count). The Bertz CT molecular complexity index is 753. The second-order valence-electron chi connectivity index (χ2n) is 6.70. The zero-order valence-corrected chi connectivity index (χ0v) is 20.1. The highest BCUT2D eigenvalue weighted by Crippen LogP contribution is 2.14. The first-order valence-corrected chi connectivity index (χ1v) is 9.62. The molecular weight excluding hydrogens is 479 g/mol. The van der Waals surface area contributed by atoms with E-state index in [1.165, 1.54) is 0 Å². The molecule has 0 saturated carbocycles. The summed E-state index contributed by atoms with van der Waals surface area (Å²) in [5.41, 5.74) is 2.25. The van der Waals surface area contributed by atoms with Gasteiger partial charge < -0.3 is 25.0 Å². The summed E-state index contributed by atoms with van der Waals surface area (Å²) in [6.45, 7) is 5.68. The predicted octanol–water partition coefficient (Wildman–Crippen LogP) is 3.51. The molecule has 6 nitrogen and oxygen atoms in total. The lowest BCUT2D eigenvalue weighted by Crippen LogP contribution is -2.36. The number of hydrogen-bond donors (Lipinski definition) is 2. The summed E-state index contributed by atoms with van der Waals surface area (Å²) in [6, 6.07) is 16.1. The number of aliphatic imine (C=N–C) groups is 1. The van der Waals surface area contributed by atoms with E-state index < -0.39 is 0 Å². The van der Waals surface area contributed by atoms with E-state index in [9.17, 15) is 0 Å². The largest absolute Gasteiger partial charge is 0.497 e. The summed E-state index contributed by atoms with van der Waals surface area (Å²) in [5, 5.41) is 6.65. The van der Waals surface area contributed by atoms with Crippen LogP contribution in [0.15, 0.2) is 53.5 Å². The minimum absolute atomic E-state index is 0. The van der Waals surface area contributed by atoms with E-state index in [-0.39, 0.29) is 24.0 Å². The van der Waals surface area contributed by atoms with Crippen molar-refractivity contribution in [1.29, 1.82) is 0 Å². The van der Waals surface area contributed by atoms with Gasteiger partial charge in [0.2, 0.25) is 0 Å². The summed E-state index contributed by atoms with van der Waals surface area (Å²) < 4.78 is 11.1. The van der Waals surface area contributed by atoms with Crippen molar-refractivity contribution < 1.29 is 9.47 Å². The van der Waals surface area contributed by atoms with Crippen LogP contribution in [0.1, 0.15) is 18.1 Å². The molecule has 0 bridgehead atoms. The summed E-state index contributed by atoms with van der Waals surface area (Å²) in [7, 11) is 5.75. The van der Waals surface area contributed by atoms with Crippen LogP contribution < -0.4 is 20.1 Å². The lowest BCUT2D eigenvalue weighted by Gasteiger charge is -2.13. The molecule has 0 unspecified atom stereocenters. The number of guanidine groups is 1. The Morgan fingerprint density at radius 3 is 2.38 bits per heavy atom. The molecule has 0 saturated heterocycles. The molecule has 0 aliphatic rings. The summed E-state index contributed by atoms with van der Waals surface area (Å²) in [4.78, 5) is 6.79. The van der Waals surface area contributed by atoms with Gasteiger partial charge in [-0.25, -0.2) is 4.99 Å². The molecule has 2 aromatic carbocycles. The van der Waals surface area contributed by atoms with Gasteiger partial charge in [-0.1, -0.05) is 24.3 Å². The minimum atomic E-state index is 0. The van der Waals surface area contributed by atoms with Crippen molar-refractivity contribution >= 4 is 29.9 Å². The maximum atomic E-state index is 5.81. The van der Waals surface area contributed by atoms with Gasteiger partial charge in [-0.3, -0.25) is 0 Å². The Balaban J connectivity index is 0.00000420. The first kappa shape index (κ1) is 25.0. The molecule has 7 heteroatoms. The van der Waals surface area contributed by atoms with Crippen molar-refractivity contribution in [2.45, 2.75) is 20.0 Å². The molecule has 0 aromatic heterocycles. The minimum Gasteiger partial charge on any atom is -0.497 e. The summed E-state index contributed by atoms with van der Waals surface area (Å²) >= 11 is 0. The normalized spacial score (nSPS) is 11.0. The van der Waals surface area contributed by atoms with E-state index >= 15 is 0 Å². The Labute approximate surface area is 191 Å². The molecule has 0 aliphatic heterocycles. The third kappa shape index (κ3) is 9.85. The van der Waals surface area contributed by atoms with Gasteiger partial charge in [-0.05, 0) is 56.4 Å². The number of rotatable bonds is 10. The number of ether oxygens (including phenoxy) is 2. The second kappa shape index (κ2) is 14.1. The van der Waals surface area contributed by atoms with Crippen LogP contribution >= 0.6 is 24.0 Å². The molecule has 2 N–H and O–H groups in total. The van der Waals surface area contributed by atoms with Crippen molar-refractivity contribution in [2.75, 3.05) is 40.9 Å². The Kier molecular flexibility index (Phi) is 12.1. The average Bonchev–Trinajstić information content (AvgIpc) is 2.70. The smallest absolute Gasteiger partial charge is 0.191 e. The number of halogens is 1. The zero-order chi connectivity index (χ0) is 20.2. The third-order valence-electron chi connectivity index (χ3n) is 4.06. The van der Waals surface area contributed by atoms with Gasteiger partial charge >= 0.3 is 0 Å². The molecule has 0 aliphatic carbocycles. The van der Waals surface area contributed by atoms with Crippen LogP contribution in [-0.2, 0) is 13.1 Å². The van der Waals surface area contributed by atoms with Crippen LogP contribution in [0.25, 0.3) is 0 Å². The van der Waals surface area contributed by atoms with Gasteiger partial charge in [0, 0.05) is 19.6 Å². The summed E-state index contributed by atoms with van der Waals surface area (Å²) in [6.07, 6.45) is 0. The maximum absolute atomic E-state index is 5.81. The molecule has 0 amide bonds. The van der Waals surface area contributed by atoms with Crippen LogP contribution in [-0.4, -0.2) is 51.8 Å². The maximum Gasteiger partial charge on any atom is 0.191 e. The van der Waals surface area contributed by atoms with Gasteiger partial charge in [0.15, 0.2) is 5.96 Å². The Morgan fingerprint density at radius 2 is 1.69 bits per heavy atom. The first-order chi connectivity index (χ1) is 13.6. The monoisotopic (exact) mass is 512 g/mol. The SMILES string of the molecule is CCNC(=NCc1cccc(OCCN(C)C)c1)NCc1cccc(OC)c1.I. The number of nitrogens with one attached hydrogen (secondary N) is 2. The Morgan fingerprint density at radius 1 is 1.00 bits per heavy atom. The van der Waals surface area contributed by atoms with E-state index in [1.807, 2.05) is 50.5 Å². The Hall–Kier alpha value is -2.00. The molecule has 0 atom stereocenters. The highest BCUT2D eigenvalue weighted by molar-refractivity contribution is 14.0. The fourth-order valence-corrected chi connectivity index (χ4v) is 2.56. The van der Waals surface area contributed by atoms with Crippen molar-refractivity contribution in [1.82, 2.24) is 15.5 Å². The van der Waals surface area contributed by atoms with Crippen LogP contribution in [0.3, 0.4) is 0 Å². The van der Waals surface area contributed by atoms with E-state index in [0.717, 1.165) is 41.7 Å². The predicted molar refractivity (Wildman–Crippen MR) is 131 cm³/mol. The summed E-state index contributed by atoms with van der Waals surface area (Å²) in [5.74, 6) is 2.51. The van der Waals surface area contributed by atoms with Crippen LogP contribution in [0, 0.1) is 0 Å². The molecule has 160 valence electrons. The molecule has 0 radical (unpaired) electrons. The van der Waals surface area contributed by atoms with Crippen LogP contribution in [0.4, 0.5) is 0 Å². The number of benzene rings is 2. The highest BCUT2D eigenvalue weighted by Gasteiger charge is 2.02. The lowest BCUT2D eigenvalue weighted by atomic mass is 10.2. The van der Waals surface area contributed by atoms with E-state index in [1.54, 1.807) is 7.11 Å². The number of likely N-dealkylation sites (N-methyl/N-ethyl adjacent to an activating group) is 1. The fourth-order valence-electron chi connectivity index (χ4n) is 2.56. The van der Waals surface area contributed by atoms with E-state index in [0.29, 0.717) is 19.7 Å². The molecule has 0 fully saturated rings. The quantitative estimate of drug-likeness (QED) is 0.290. The molecular formula is C22H33IN4O2. The first-order valence-electron chi connectivity index (χ1n) is 9.62. The van der Waals surface area contributed by atoms with E-state index in [4.69, 9.17) is 14.5 Å².